The molecule has 0 heterocycles. The van der Waals surface area contributed by atoms with Gasteiger partial charge in [-0.3, -0.25) is 0 Å². The van der Waals surface area contributed by atoms with Crippen LogP contribution in [0.4, 0.5) is 0 Å². The Labute approximate surface area is 409 Å². The van der Waals surface area contributed by atoms with Crippen molar-refractivity contribution in [2.24, 2.45) is 0 Å². The van der Waals surface area contributed by atoms with Crippen molar-refractivity contribution in [3.63, 3.8) is 0 Å². The topological polar surface area (TPSA) is 274 Å². The molecule has 0 aliphatic carbocycles. The monoisotopic (exact) mass is 987 g/mol. The van der Waals surface area contributed by atoms with Gasteiger partial charge >= 0.3 is 59.7 Å². The lowest BCUT2D eigenvalue weighted by atomic mass is 10.4. The molecule has 0 aromatic rings. The van der Waals surface area contributed by atoms with Gasteiger partial charge in [-0.1, -0.05) is 65.8 Å². The van der Waals surface area contributed by atoms with Crippen LogP contribution in [0.2, 0.25) is 0 Å². The summed E-state index contributed by atoms with van der Waals surface area (Å²) < 4.78 is 38.5. The molecule has 20 nitrogen and oxygen atoms in total. The second-order valence-electron chi connectivity index (χ2n) is 12.5. The Morgan fingerprint density at radius 1 is 0.217 bits per heavy atom. The fourth-order valence-electron chi connectivity index (χ4n) is 1.57. The second-order valence-corrected chi connectivity index (χ2v) is 12.5. The Morgan fingerprint density at radius 3 is 0.275 bits per heavy atom. The number of ether oxygens (including phenoxy) is 9. The van der Waals surface area contributed by atoms with E-state index in [2.05, 4.69) is 108 Å². The summed E-state index contributed by atoms with van der Waals surface area (Å²) in [7, 11) is 12.0. The molecule has 394 valence electrons. The summed E-state index contributed by atoms with van der Waals surface area (Å²) >= 11 is 0. The molecule has 0 unspecified atom stereocenters. The van der Waals surface area contributed by atoms with E-state index in [0.29, 0.717) is 50.2 Å². The van der Waals surface area contributed by atoms with E-state index in [9.17, 15) is 47.9 Å². The van der Waals surface area contributed by atoms with Gasteiger partial charge in [0.1, 0.15) is 0 Å². The molecule has 0 bridgehead atoms. The van der Waals surface area contributed by atoms with E-state index >= 15 is 0 Å². The van der Waals surface area contributed by atoms with E-state index in [-0.39, 0.29) is 59.3 Å². The minimum atomic E-state index is -0.935. The molecule has 0 fully saturated rings. The molecule has 69 heavy (non-hydrogen) atoms. The minimum absolute atomic E-state index is 0.176. The zero-order valence-electron chi connectivity index (χ0n) is 44.3. The summed E-state index contributed by atoms with van der Waals surface area (Å²) in [6.45, 7) is 49.2. The number of rotatable bonds is 10. The smallest absolute Gasteiger partial charge is 0.332 e. The van der Waals surface area contributed by atoms with Crippen LogP contribution in [0.25, 0.3) is 0 Å². The summed E-state index contributed by atoms with van der Waals surface area (Å²) in [4.78, 5) is 101. The van der Waals surface area contributed by atoms with Gasteiger partial charge < -0.3 is 47.7 Å². The number of hydrogen-bond acceptors (Lipinski definition) is 19. The number of carbonyl (C=O) groups is 10. The molecular weight excluding hydrogens is 909 g/mol. The molecule has 0 saturated carbocycles. The average Bonchev–Trinajstić information content (AvgIpc) is 3.29. The predicted molar refractivity (Wildman–Crippen MR) is 264 cm³/mol. The summed E-state index contributed by atoms with van der Waals surface area (Å²) in [5, 5.41) is 7.89. The van der Waals surface area contributed by atoms with Gasteiger partial charge in [0, 0.05) is 55.7 Å². The van der Waals surface area contributed by atoms with Gasteiger partial charge in [-0.05, 0) is 69.2 Å². The van der Waals surface area contributed by atoms with Crippen LogP contribution in [0.1, 0.15) is 69.2 Å². The molecule has 0 aliphatic rings. The van der Waals surface area contributed by atoms with Crippen molar-refractivity contribution >= 4 is 59.7 Å². The van der Waals surface area contributed by atoms with Crippen molar-refractivity contribution in [1.82, 2.24) is 0 Å². The predicted octanol–water partition coefficient (Wildman–Crippen LogP) is 7.27. The Balaban J connectivity index is -0.0000000701. The van der Waals surface area contributed by atoms with Crippen molar-refractivity contribution < 1.29 is 95.7 Å². The molecule has 0 aromatic heterocycles. The van der Waals surface area contributed by atoms with Crippen LogP contribution in [0.15, 0.2) is 122 Å². The van der Waals surface area contributed by atoms with Crippen molar-refractivity contribution in [1.29, 1.82) is 0 Å². The summed E-state index contributed by atoms with van der Waals surface area (Å²) in [6.07, 6.45) is 0. The van der Waals surface area contributed by atoms with Crippen LogP contribution < -0.4 is 0 Å². The Kier molecular flexibility index (Phi) is 68.9. The highest BCUT2D eigenvalue weighted by Gasteiger charge is 2.00. The molecule has 0 spiro atoms. The number of carboxylic acid groups (broad SMARTS) is 1. The molecular formula is C49H78O20. The molecule has 0 radical (unpaired) electrons. The maximum Gasteiger partial charge on any atom is 0.332 e. The van der Waals surface area contributed by atoms with Crippen LogP contribution in [0.5, 0.6) is 0 Å². The molecule has 0 saturated heterocycles. The largest absolute Gasteiger partial charge is 0.478 e. The van der Waals surface area contributed by atoms with Gasteiger partial charge in [-0.15, -0.1) is 0 Å². The fraction of sp³-hybridized carbons (Fsp3) is 0.388. The van der Waals surface area contributed by atoms with Crippen molar-refractivity contribution in [3.05, 3.63) is 122 Å². The van der Waals surface area contributed by atoms with E-state index in [1.54, 1.807) is 62.3 Å². The number of carbonyl (C=O) groups excluding carboxylic acids is 9. The van der Waals surface area contributed by atoms with Crippen LogP contribution in [0.3, 0.4) is 0 Å². The number of hydrogen-bond donors (Lipinski definition) is 1. The molecule has 0 aromatic carbocycles. The molecule has 1 N–H and O–H groups in total. The molecule has 0 rings (SSSR count). The lowest BCUT2D eigenvalue weighted by Crippen LogP contribution is -1.98. The quantitative estimate of drug-likeness (QED) is 0.128. The summed E-state index contributed by atoms with van der Waals surface area (Å²) in [5.41, 5.74) is 4.07. The van der Waals surface area contributed by atoms with Crippen molar-refractivity contribution in [2.45, 2.75) is 69.2 Å². The van der Waals surface area contributed by atoms with E-state index < -0.39 is 5.97 Å². The van der Waals surface area contributed by atoms with E-state index in [1.165, 1.54) is 70.9 Å². The number of carboxylic acids is 1. The fourth-order valence-corrected chi connectivity index (χ4v) is 1.57. The zero-order chi connectivity index (χ0) is 57.9. The van der Waals surface area contributed by atoms with Gasteiger partial charge in [-0.2, -0.15) is 0 Å². The molecule has 20 heteroatoms. The SMILES string of the molecule is C=C(C)C(=O)O.C=C(C)C(=O)OC.C=C(C)C(=O)OC.C=C(C)C(=O)OC.C=C(C)C(=O)OC.C=C(C)C(=O)OC.C=C(C)C(=O)OC.C=C(C)C(=O)OC.C=C(C)C(=O)OC.C=C(C)C(=O)OC. The summed E-state index contributed by atoms with van der Waals surface area (Å²) in [5.74, 6) is -4.06. The Morgan fingerprint density at radius 2 is 0.275 bits per heavy atom. The summed E-state index contributed by atoms with van der Waals surface area (Å²) in [6, 6.07) is 0. The standard InChI is InChI=1S/9C5H8O2.C4H6O2/c9*1-4(2)5(6)7-3;1-3(2)4(5)6/h9*1H2,2-3H3;1H2,2H3,(H,5,6). The molecule has 0 amide bonds. The first-order chi connectivity index (χ1) is 31.3. The normalized spacial score (nSPS) is 7.70. The van der Waals surface area contributed by atoms with Crippen LogP contribution in [-0.2, 0) is 90.6 Å². The van der Waals surface area contributed by atoms with Gasteiger partial charge in [-0.25, -0.2) is 47.9 Å². The Bertz CT molecular complexity index is 1410. The third-order valence-corrected chi connectivity index (χ3v) is 5.17. The van der Waals surface area contributed by atoms with Crippen LogP contribution in [-0.4, -0.2) is 129 Å². The highest BCUT2D eigenvalue weighted by Crippen LogP contribution is 1.91. The number of methoxy groups -OCH3 is 9. The first-order valence-electron chi connectivity index (χ1n) is 18.8. The van der Waals surface area contributed by atoms with Crippen molar-refractivity contribution in [2.75, 3.05) is 64.0 Å². The van der Waals surface area contributed by atoms with Gasteiger partial charge in [0.2, 0.25) is 0 Å². The van der Waals surface area contributed by atoms with Gasteiger partial charge in [0.25, 0.3) is 0 Å². The van der Waals surface area contributed by atoms with E-state index in [4.69, 9.17) is 5.11 Å². The van der Waals surface area contributed by atoms with Crippen LogP contribution >= 0.6 is 0 Å². The number of aliphatic carboxylic acids is 1. The molecule has 0 atom stereocenters. The number of esters is 9. The zero-order valence-corrected chi connectivity index (χ0v) is 44.3. The van der Waals surface area contributed by atoms with Gasteiger partial charge in [0.15, 0.2) is 0 Å². The first kappa shape index (κ1) is 84.5. The molecule has 0 aliphatic heterocycles. The minimum Gasteiger partial charge on any atom is -0.478 e. The lowest BCUT2D eigenvalue weighted by Gasteiger charge is -1.91. The van der Waals surface area contributed by atoms with Crippen LogP contribution in [0, 0.1) is 0 Å². The van der Waals surface area contributed by atoms with E-state index in [1.807, 2.05) is 0 Å². The van der Waals surface area contributed by atoms with Gasteiger partial charge in [0.05, 0.1) is 64.0 Å². The first-order valence-corrected chi connectivity index (χ1v) is 18.8. The highest BCUT2D eigenvalue weighted by molar-refractivity contribution is 5.89. The maximum atomic E-state index is 10.2. The van der Waals surface area contributed by atoms with Crippen molar-refractivity contribution in [3.8, 4) is 0 Å². The average molecular weight is 987 g/mol. The third-order valence-electron chi connectivity index (χ3n) is 5.17. The maximum absolute atomic E-state index is 10.2. The third kappa shape index (κ3) is 80.8. The lowest BCUT2D eigenvalue weighted by molar-refractivity contribution is -0.136. The van der Waals surface area contributed by atoms with E-state index in [0.717, 1.165) is 0 Å². The second kappa shape index (κ2) is 56.2. The Hall–Kier alpha value is -7.90. The highest BCUT2D eigenvalue weighted by atomic mass is 16.5.